The summed E-state index contributed by atoms with van der Waals surface area (Å²) in [5.74, 6) is -0.185. The highest BCUT2D eigenvalue weighted by Gasteiger charge is 2.02. The highest BCUT2D eigenvalue weighted by Crippen LogP contribution is 2.03. The van der Waals surface area contributed by atoms with Gasteiger partial charge in [0.15, 0.2) is 0 Å². The standard InChI is InChI=1S/C9H16NO3P/c1-7(11)6-10-8(12)4-2-3-5-9(13)14/h2-6,14H2,1H3,(H,10,12). The van der Waals surface area contributed by atoms with Gasteiger partial charge >= 0.3 is 0 Å². The minimum Gasteiger partial charge on any atom is -0.349 e. The normalized spacial score (nSPS) is 9.57. The molecule has 0 radical (unpaired) electrons. The number of nitrogens with one attached hydrogen (secondary N) is 1. The van der Waals surface area contributed by atoms with Gasteiger partial charge < -0.3 is 5.32 Å². The molecule has 0 bridgehead atoms. The van der Waals surface area contributed by atoms with Gasteiger partial charge in [-0.1, -0.05) is 9.24 Å². The second-order valence-corrected chi connectivity index (χ2v) is 3.80. The number of amides is 1. The molecule has 0 aliphatic rings. The molecule has 1 amide bonds. The van der Waals surface area contributed by atoms with Gasteiger partial charge in [-0.15, -0.1) is 0 Å². The molecule has 0 aromatic carbocycles. The third-order valence-electron chi connectivity index (χ3n) is 1.61. The molecule has 0 aromatic rings. The smallest absolute Gasteiger partial charge is 0.220 e. The molecule has 5 heteroatoms. The number of Topliss-reactive ketones (excluding diaryl/α,β-unsaturated/α-hetero) is 1. The van der Waals surface area contributed by atoms with Gasteiger partial charge in [0.2, 0.25) is 5.91 Å². The molecule has 14 heavy (non-hydrogen) atoms. The number of carbonyl (C=O) groups excluding carboxylic acids is 3. The van der Waals surface area contributed by atoms with Crippen LogP contribution in [0.15, 0.2) is 0 Å². The van der Waals surface area contributed by atoms with Gasteiger partial charge in [0.05, 0.1) is 6.54 Å². The zero-order chi connectivity index (χ0) is 11.0. The van der Waals surface area contributed by atoms with Crippen LogP contribution in [0, 0.1) is 0 Å². The van der Waals surface area contributed by atoms with Crippen molar-refractivity contribution < 1.29 is 14.4 Å². The second kappa shape index (κ2) is 7.63. The van der Waals surface area contributed by atoms with E-state index in [9.17, 15) is 14.4 Å². The Bertz CT molecular complexity index is 228. The molecule has 0 saturated heterocycles. The van der Waals surface area contributed by atoms with E-state index in [1.54, 1.807) is 0 Å². The minimum atomic E-state index is -0.128. The number of hydrogen-bond donors (Lipinski definition) is 1. The maximum absolute atomic E-state index is 11.0. The molecule has 0 saturated carbocycles. The Hall–Kier alpha value is -0.760. The van der Waals surface area contributed by atoms with E-state index in [0.29, 0.717) is 19.3 Å². The van der Waals surface area contributed by atoms with Crippen molar-refractivity contribution in [2.75, 3.05) is 6.54 Å². The summed E-state index contributed by atoms with van der Waals surface area (Å²) in [5, 5.41) is 2.49. The van der Waals surface area contributed by atoms with Crippen LogP contribution < -0.4 is 5.32 Å². The monoisotopic (exact) mass is 217 g/mol. The predicted octanol–water partition coefficient (Wildman–Crippen LogP) is 0.654. The van der Waals surface area contributed by atoms with E-state index in [1.165, 1.54) is 6.92 Å². The molecule has 0 aliphatic carbocycles. The molecule has 0 spiro atoms. The van der Waals surface area contributed by atoms with Gasteiger partial charge in [-0.3, -0.25) is 14.4 Å². The Labute approximate surface area is 86.0 Å². The van der Waals surface area contributed by atoms with Gasteiger partial charge in [0, 0.05) is 12.8 Å². The van der Waals surface area contributed by atoms with Crippen LogP contribution in [-0.4, -0.2) is 23.8 Å². The topological polar surface area (TPSA) is 63.2 Å². The van der Waals surface area contributed by atoms with Crippen LogP contribution in [0.2, 0.25) is 0 Å². The highest BCUT2D eigenvalue weighted by atomic mass is 31.0. The molecule has 0 rings (SSSR count). The average Bonchev–Trinajstić information content (AvgIpc) is 2.08. The van der Waals surface area contributed by atoms with Crippen LogP contribution in [0.25, 0.3) is 0 Å². The summed E-state index contributed by atoms with van der Waals surface area (Å²) in [6, 6.07) is 0. The molecular weight excluding hydrogens is 201 g/mol. The second-order valence-electron chi connectivity index (χ2n) is 3.15. The lowest BCUT2D eigenvalue weighted by Crippen LogP contribution is -2.27. The van der Waals surface area contributed by atoms with E-state index in [4.69, 9.17) is 0 Å². The van der Waals surface area contributed by atoms with Crippen molar-refractivity contribution in [1.29, 1.82) is 0 Å². The SMILES string of the molecule is CC(=O)CNC(=O)CCCCC(=O)P. The van der Waals surface area contributed by atoms with Gasteiger partial charge in [-0.05, 0) is 19.8 Å². The van der Waals surface area contributed by atoms with Crippen LogP contribution >= 0.6 is 9.24 Å². The molecule has 80 valence electrons. The summed E-state index contributed by atoms with van der Waals surface area (Å²) in [6.07, 6.45) is 2.27. The van der Waals surface area contributed by atoms with E-state index < -0.39 is 0 Å². The quantitative estimate of drug-likeness (QED) is 0.503. The molecular formula is C9H16NO3P. The Kier molecular flexibility index (Phi) is 7.21. The van der Waals surface area contributed by atoms with Crippen molar-refractivity contribution in [3.63, 3.8) is 0 Å². The van der Waals surface area contributed by atoms with Crippen LogP contribution in [0.3, 0.4) is 0 Å². The summed E-state index contributed by atoms with van der Waals surface area (Å²) in [4.78, 5) is 32.1. The van der Waals surface area contributed by atoms with Crippen LogP contribution in [0.1, 0.15) is 32.6 Å². The van der Waals surface area contributed by atoms with Gasteiger partial charge in [0.1, 0.15) is 11.3 Å². The lowest BCUT2D eigenvalue weighted by Gasteiger charge is -2.01. The van der Waals surface area contributed by atoms with Crippen molar-refractivity contribution in [3.8, 4) is 0 Å². The number of carbonyl (C=O) groups is 3. The Balaban J connectivity index is 3.36. The Morgan fingerprint density at radius 1 is 1.14 bits per heavy atom. The third kappa shape index (κ3) is 9.33. The molecule has 4 nitrogen and oxygen atoms in total. The summed E-state index contributed by atoms with van der Waals surface area (Å²) in [6.45, 7) is 1.52. The fraction of sp³-hybridized carbons (Fsp3) is 0.667. The van der Waals surface area contributed by atoms with Gasteiger partial charge in [0.25, 0.3) is 0 Å². The first-order valence-electron chi connectivity index (χ1n) is 4.57. The largest absolute Gasteiger partial charge is 0.349 e. The zero-order valence-corrected chi connectivity index (χ0v) is 9.49. The zero-order valence-electron chi connectivity index (χ0n) is 8.34. The number of rotatable bonds is 7. The first-order chi connectivity index (χ1) is 6.52. The van der Waals surface area contributed by atoms with E-state index in [0.717, 1.165) is 6.42 Å². The van der Waals surface area contributed by atoms with Crippen molar-refractivity contribution in [2.24, 2.45) is 0 Å². The van der Waals surface area contributed by atoms with Crippen molar-refractivity contribution in [3.05, 3.63) is 0 Å². The lowest BCUT2D eigenvalue weighted by molar-refractivity contribution is -0.124. The van der Waals surface area contributed by atoms with Crippen LogP contribution in [0.5, 0.6) is 0 Å². The summed E-state index contributed by atoms with van der Waals surface area (Å²) >= 11 is 0. The van der Waals surface area contributed by atoms with E-state index >= 15 is 0 Å². The molecule has 1 atom stereocenters. The molecule has 0 fully saturated rings. The number of hydrogen-bond acceptors (Lipinski definition) is 3. The maximum atomic E-state index is 11.0. The third-order valence-corrected chi connectivity index (χ3v) is 1.90. The minimum absolute atomic E-state index is 0.0570. The van der Waals surface area contributed by atoms with Gasteiger partial charge in [-0.25, -0.2) is 0 Å². The average molecular weight is 217 g/mol. The van der Waals surface area contributed by atoms with E-state index in [-0.39, 0.29) is 23.8 Å². The first kappa shape index (κ1) is 13.2. The molecule has 0 heterocycles. The first-order valence-corrected chi connectivity index (χ1v) is 5.14. The molecule has 1 N–H and O–H groups in total. The van der Waals surface area contributed by atoms with Crippen molar-refractivity contribution >= 4 is 26.5 Å². The van der Waals surface area contributed by atoms with Crippen LogP contribution in [0.4, 0.5) is 0 Å². The lowest BCUT2D eigenvalue weighted by atomic mass is 10.2. The fourth-order valence-electron chi connectivity index (χ4n) is 0.896. The summed E-state index contributed by atoms with van der Waals surface area (Å²) < 4.78 is 0. The molecule has 1 unspecified atom stereocenters. The van der Waals surface area contributed by atoms with Gasteiger partial charge in [-0.2, -0.15) is 0 Å². The van der Waals surface area contributed by atoms with Crippen molar-refractivity contribution in [2.45, 2.75) is 32.6 Å². The van der Waals surface area contributed by atoms with Crippen LogP contribution in [-0.2, 0) is 14.4 Å². The Morgan fingerprint density at radius 3 is 2.21 bits per heavy atom. The van der Waals surface area contributed by atoms with Crippen molar-refractivity contribution in [1.82, 2.24) is 5.32 Å². The Morgan fingerprint density at radius 2 is 1.71 bits per heavy atom. The van der Waals surface area contributed by atoms with E-state index in [2.05, 4.69) is 14.6 Å². The fourth-order valence-corrected chi connectivity index (χ4v) is 1.10. The number of ketones is 1. The predicted molar refractivity (Wildman–Crippen MR) is 56.9 cm³/mol. The maximum Gasteiger partial charge on any atom is 0.220 e. The van der Waals surface area contributed by atoms with E-state index in [1.807, 2.05) is 0 Å². The summed E-state index contributed by atoms with van der Waals surface area (Å²) in [7, 11) is 2.10. The summed E-state index contributed by atoms with van der Waals surface area (Å²) in [5.41, 5.74) is 0.0640. The number of unbranched alkanes of at least 4 members (excludes halogenated alkanes) is 1. The highest BCUT2D eigenvalue weighted by molar-refractivity contribution is 7.40. The molecule has 0 aliphatic heterocycles. The molecule has 0 aromatic heterocycles.